The standard InChI is InChI=1S/C20H18ClN3O5S2/c1-12-11-14(22-20(26)24-31(27,28)18-10-9-17(21)30-18)5-8-16(12)23-19(25)13-3-6-15(29-2)7-4-13/h3-11H,1-2H3,(H,23,25)(H2,22,24,26). The molecule has 0 spiro atoms. The number of carbonyl (C=O) groups is 2. The normalized spacial score (nSPS) is 10.9. The van der Waals surface area contributed by atoms with Crippen molar-refractivity contribution in [1.29, 1.82) is 0 Å². The zero-order valence-electron chi connectivity index (χ0n) is 16.4. The van der Waals surface area contributed by atoms with Gasteiger partial charge >= 0.3 is 6.03 Å². The molecular weight excluding hydrogens is 462 g/mol. The van der Waals surface area contributed by atoms with E-state index in [1.54, 1.807) is 56.5 Å². The van der Waals surface area contributed by atoms with Crippen LogP contribution < -0.4 is 20.1 Å². The van der Waals surface area contributed by atoms with Gasteiger partial charge in [0.1, 0.15) is 9.96 Å². The van der Waals surface area contributed by atoms with Crippen molar-refractivity contribution in [1.82, 2.24) is 4.72 Å². The first-order chi connectivity index (χ1) is 14.7. The Morgan fingerprint density at radius 2 is 1.71 bits per heavy atom. The molecule has 3 amide bonds. The van der Waals surface area contributed by atoms with Gasteiger partial charge in [-0.15, -0.1) is 11.3 Å². The van der Waals surface area contributed by atoms with Crippen molar-refractivity contribution < 1.29 is 22.7 Å². The van der Waals surface area contributed by atoms with Crippen LogP contribution in [0.3, 0.4) is 0 Å². The van der Waals surface area contributed by atoms with Gasteiger partial charge in [0.05, 0.1) is 11.4 Å². The second-order valence-electron chi connectivity index (χ2n) is 6.33. The largest absolute Gasteiger partial charge is 0.497 e. The van der Waals surface area contributed by atoms with Gasteiger partial charge in [-0.3, -0.25) is 4.79 Å². The van der Waals surface area contributed by atoms with Crippen LogP contribution >= 0.6 is 22.9 Å². The van der Waals surface area contributed by atoms with Crippen molar-refractivity contribution in [2.45, 2.75) is 11.1 Å². The number of hydrogen-bond donors (Lipinski definition) is 3. The molecule has 3 aromatic rings. The molecule has 0 atom stereocenters. The summed E-state index contributed by atoms with van der Waals surface area (Å²) < 4.78 is 31.6. The number of aryl methyl sites for hydroxylation is 1. The third-order valence-electron chi connectivity index (χ3n) is 4.13. The number of methoxy groups -OCH3 is 1. The minimum atomic E-state index is -4.02. The second kappa shape index (κ2) is 9.38. The summed E-state index contributed by atoms with van der Waals surface area (Å²) in [6, 6.07) is 13.3. The van der Waals surface area contributed by atoms with Crippen LogP contribution in [0.15, 0.2) is 58.8 Å². The third-order valence-corrected chi connectivity index (χ3v) is 7.18. The van der Waals surface area contributed by atoms with E-state index in [1.807, 2.05) is 4.72 Å². The SMILES string of the molecule is COc1ccc(C(=O)Nc2ccc(NC(=O)NS(=O)(=O)c3ccc(Cl)s3)cc2C)cc1. The summed E-state index contributed by atoms with van der Waals surface area (Å²) in [5, 5.41) is 5.25. The summed E-state index contributed by atoms with van der Waals surface area (Å²) in [6.07, 6.45) is 0. The number of benzene rings is 2. The highest BCUT2D eigenvalue weighted by Crippen LogP contribution is 2.25. The number of urea groups is 1. The van der Waals surface area contributed by atoms with Crippen molar-refractivity contribution >= 4 is 56.3 Å². The third kappa shape index (κ3) is 5.75. The monoisotopic (exact) mass is 479 g/mol. The second-order valence-corrected chi connectivity index (χ2v) is 9.95. The molecule has 3 N–H and O–H groups in total. The van der Waals surface area contributed by atoms with Crippen molar-refractivity contribution in [2.24, 2.45) is 0 Å². The van der Waals surface area contributed by atoms with Crippen molar-refractivity contribution in [3.63, 3.8) is 0 Å². The molecular formula is C20H18ClN3O5S2. The van der Waals surface area contributed by atoms with Gasteiger partial charge in [0.15, 0.2) is 0 Å². The van der Waals surface area contributed by atoms with Gasteiger partial charge in [0.2, 0.25) is 0 Å². The molecule has 31 heavy (non-hydrogen) atoms. The Balaban J connectivity index is 1.64. The Morgan fingerprint density at radius 1 is 1.00 bits per heavy atom. The zero-order chi connectivity index (χ0) is 22.6. The van der Waals surface area contributed by atoms with Gasteiger partial charge in [-0.05, 0) is 67.1 Å². The highest BCUT2D eigenvalue weighted by Gasteiger charge is 2.20. The van der Waals surface area contributed by atoms with E-state index in [2.05, 4.69) is 10.6 Å². The fraction of sp³-hybridized carbons (Fsp3) is 0.100. The molecule has 0 saturated carbocycles. The maximum absolute atomic E-state index is 12.4. The lowest BCUT2D eigenvalue weighted by atomic mass is 10.1. The molecule has 0 saturated heterocycles. The number of halogens is 1. The number of hydrogen-bond acceptors (Lipinski definition) is 6. The van der Waals surface area contributed by atoms with E-state index in [1.165, 1.54) is 12.1 Å². The van der Waals surface area contributed by atoms with Crippen LogP contribution in [-0.2, 0) is 10.0 Å². The number of ether oxygens (including phenoxy) is 1. The van der Waals surface area contributed by atoms with Crippen LogP contribution in [0.5, 0.6) is 5.75 Å². The molecule has 1 heterocycles. The fourth-order valence-electron chi connectivity index (χ4n) is 2.59. The van der Waals surface area contributed by atoms with Crippen LogP contribution in [0.25, 0.3) is 0 Å². The van der Waals surface area contributed by atoms with Crippen LogP contribution in [-0.4, -0.2) is 27.5 Å². The molecule has 0 fully saturated rings. The molecule has 0 aliphatic heterocycles. The summed E-state index contributed by atoms with van der Waals surface area (Å²) >= 11 is 6.58. The Labute approximate surface area is 188 Å². The van der Waals surface area contributed by atoms with E-state index >= 15 is 0 Å². The molecule has 0 aliphatic carbocycles. The molecule has 3 rings (SSSR count). The topological polar surface area (TPSA) is 114 Å². The number of nitrogens with one attached hydrogen (secondary N) is 3. The van der Waals surface area contributed by atoms with E-state index in [4.69, 9.17) is 16.3 Å². The van der Waals surface area contributed by atoms with Crippen molar-refractivity contribution in [2.75, 3.05) is 17.7 Å². The average Bonchev–Trinajstić information content (AvgIpc) is 3.17. The van der Waals surface area contributed by atoms with E-state index in [9.17, 15) is 18.0 Å². The van der Waals surface area contributed by atoms with Gasteiger partial charge < -0.3 is 15.4 Å². The molecule has 8 nitrogen and oxygen atoms in total. The minimum Gasteiger partial charge on any atom is -0.497 e. The summed E-state index contributed by atoms with van der Waals surface area (Å²) in [6.45, 7) is 1.75. The Morgan fingerprint density at radius 3 is 2.29 bits per heavy atom. The lowest BCUT2D eigenvalue weighted by Gasteiger charge is -2.12. The first kappa shape index (κ1) is 22.6. The summed E-state index contributed by atoms with van der Waals surface area (Å²) in [7, 11) is -2.48. The summed E-state index contributed by atoms with van der Waals surface area (Å²) in [5.74, 6) is 0.343. The van der Waals surface area contributed by atoms with E-state index in [0.29, 0.717) is 32.6 Å². The molecule has 0 bridgehead atoms. The van der Waals surface area contributed by atoms with Crippen molar-refractivity contribution in [3.8, 4) is 5.75 Å². The quantitative estimate of drug-likeness (QED) is 0.482. The van der Waals surface area contributed by atoms with Gasteiger partial charge in [-0.1, -0.05) is 11.6 Å². The van der Waals surface area contributed by atoms with E-state index < -0.39 is 16.1 Å². The van der Waals surface area contributed by atoms with E-state index in [0.717, 1.165) is 11.3 Å². The molecule has 162 valence electrons. The predicted molar refractivity (Wildman–Crippen MR) is 121 cm³/mol. The first-order valence-electron chi connectivity index (χ1n) is 8.83. The smallest absolute Gasteiger partial charge is 0.333 e. The first-order valence-corrected chi connectivity index (χ1v) is 11.5. The summed E-state index contributed by atoms with van der Waals surface area (Å²) in [4.78, 5) is 24.5. The maximum atomic E-state index is 12.4. The Hall–Kier alpha value is -3.08. The molecule has 0 aliphatic rings. The number of anilines is 2. The maximum Gasteiger partial charge on any atom is 0.333 e. The molecule has 11 heteroatoms. The van der Waals surface area contributed by atoms with Gasteiger partial charge in [-0.25, -0.2) is 17.9 Å². The zero-order valence-corrected chi connectivity index (χ0v) is 18.8. The highest BCUT2D eigenvalue weighted by molar-refractivity contribution is 7.92. The van der Waals surface area contributed by atoms with E-state index in [-0.39, 0.29) is 10.1 Å². The number of amides is 3. The predicted octanol–water partition coefficient (Wildman–Crippen LogP) is 4.48. The molecule has 2 aromatic carbocycles. The Bertz CT molecular complexity index is 1220. The number of rotatable bonds is 6. The lowest BCUT2D eigenvalue weighted by molar-refractivity contribution is 0.102. The number of sulfonamides is 1. The fourth-order valence-corrected chi connectivity index (χ4v) is 4.98. The van der Waals surface area contributed by atoms with Crippen LogP contribution in [0.2, 0.25) is 4.34 Å². The van der Waals surface area contributed by atoms with Crippen molar-refractivity contribution in [3.05, 3.63) is 70.1 Å². The minimum absolute atomic E-state index is 0.0691. The Kier molecular flexibility index (Phi) is 6.84. The van der Waals surface area contributed by atoms with Gasteiger partial charge in [-0.2, -0.15) is 0 Å². The average molecular weight is 480 g/mol. The number of thiophene rings is 1. The van der Waals surface area contributed by atoms with Crippen LogP contribution in [0.1, 0.15) is 15.9 Å². The van der Waals surface area contributed by atoms with Gasteiger partial charge in [0, 0.05) is 16.9 Å². The number of carbonyl (C=O) groups excluding carboxylic acids is 2. The highest BCUT2D eigenvalue weighted by atomic mass is 35.5. The van der Waals surface area contributed by atoms with Crippen LogP contribution in [0.4, 0.5) is 16.2 Å². The molecule has 1 aromatic heterocycles. The van der Waals surface area contributed by atoms with Crippen LogP contribution in [0, 0.1) is 6.92 Å². The molecule has 0 unspecified atom stereocenters. The molecule has 0 radical (unpaired) electrons. The summed E-state index contributed by atoms with van der Waals surface area (Å²) in [5.41, 5.74) is 2.04. The lowest BCUT2D eigenvalue weighted by Crippen LogP contribution is -2.33. The van der Waals surface area contributed by atoms with Gasteiger partial charge in [0.25, 0.3) is 15.9 Å².